The van der Waals surface area contributed by atoms with E-state index in [1.807, 2.05) is 49.5 Å². The van der Waals surface area contributed by atoms with Gasteiger partial charge >= 0.3 is 0 Å². The van der Waals surface area contributed by atoms with Gasteiger partial charge in [-0.25, -0.2) is 0 Å². The maximum atomic E-state index is 6.23. The van der Waals surface area contributed by atoms with Crippen molar-refractivity contribution in [2.45, 2.75) is 0 Å². The lowest BCUT2D eigenvalue weighted by molar-refractivity contribution is 0.782. The van der Waals surface area contributed by atoms with Gasteiger partial charge < -0.3 is 5.73 Å². The van der Waals surface area contributed by atoms with Crippen LogP contribution in [-0.2, 0) is 7.05 Å². The highest BCUT2D eigenvalue weighted by molar-refractivity contribution is 9.10. The van der Waals surface area contributed by atoms with E-state index in [-0.39, 0.29) is 0 Å². The zero-order valence-corrected chi connectivity index (χ0v) is 14.5. The molecule has 0 spiro atoms. The van der Waals surface area contributed by atoms with Crippen LogP contribution in [0.4, 0.5) is 5.82 Å². The van der Waals surface area contributed by atoms with Crippen LogP contribution in [0.3, 0.4) is 0 Å². The van der Waals surface area contributed by atoms with Gasteiger partial charge in [0.15, 0.2) is 0 Å². The molecule has 2 aromatic carbocycles. The molecule has 2 N–H and O–H groups in total. The maximum absolute atomic E-state index is 6.23. The van der Waals surface area contributed by atoms with E-state index in [0.29, 0.717) is 5.82 Å². The second-order valence-electron chi connectivity index (χ2n) is 4.75. The zero-order valence-electron chi connectivity index (χ0n) is 11.3. The van der Waals surface area contributed by atoms with Gasteiger partial charge in [-0.3, -0.25) is 4.68 Å². The van der Waals surface area contributed by atoms with E-state index >= 15 is 0 Å². The van der Waals surface area contributed by atoms with Crippen molar-refractivity contribution >= 4 is 37.7 Å². The summed E-state index contributed by atoms with van der Waals surface area (Å²) in [6, 6.07) is 16.2. The number of rotatable bonds is 2. The first kappa shape index (κ1) is 14.4. The molecule has 5 heteroatoms. The Balaban J connectivity index is 2.23. The minimum Gasteiger partial charge on any atom is -0.383 e. The molecule has 0 saturated carbocycles. The van der Waals surface area contributed by atoms with Crippen LogP contribution < -0.4 is 5.73 Å². The fourth-order valence-electron chi connectivity index (χ4n) is 2.28. The Kier molecular flexibility index (Phi) is 3.87. The summed E-state index contributed by atoms with van der Waals surface area (Å²) in [5, 5.41) is 4.58. The minimum atomic E-state index is 0.658. The average Bonchev–Trinajstić information content (AvgIpc) is 2.76. The first-order valence-corrected chi connectivity index (χ1v) is 7.99. The molecule has 0 amide bonds. The van der Waals surface area contributed by atoms with Crippen molar-refractivity contribution in [2.24, 2.45) is 7.05 Å². The van der Waals surface area contributed by atoms with Crippen molar-refractivity contribution in [3.8, 4) is 22.4 Å². The smallest absolute Gasteiger partial charge is 0.129 e. The molecule has 0 aliphatic rings. The number of hydrogen-bond acceptors (Lipinski definition) is 2. The third-order valence-electron chi connectivity index (χ3n) is 3.32. The first-order chi connectivity index (χ1) is 10.1. The molecule has 3 aromatic rings. The molecule has 0 fully saturated rings. The van der Waals surface area contributed by atoms with Crippen LogP contribution >= 0.6 is 31.9 Å². The summed E-state index contributed by atoms with van der Waals surface area (Å²) in [6.45, 7) is 0. The summed E-state index contributed by atoms with van der Waals surface area (Å²) in [4.78, 5) is 0. The lowest BCUT2D eigenvalue weighted by Crippen LogP contribution is -1.97. The number of aromatic nitrogens is 2. The molecule has 21 heavy (non-hydrogen) atoms. The second kappa shape index (κ2) is 5.66. The first-order valence-electron chi connectivity index (χ1n) is 6.40. The molecular weight excluding hydrogens is 394 g/mol. The maximum Gasteiger partial charge on any atom is 0.129 e. The van der Waals surface area contributed by atoms with Crippen LogP contribution in [0.1, 0.15) is 0 Å². The van der Waals surface area contributed by atoms with Gasteiger partial charge in [-0.05, 0) is 29.8 Å². The number of aryl methyl sites for hydroxylation is 1. The molecule has 3 rings (SSSR count). The van der Waals surface area contributed by atoms with Crippen LogP contribution in [0.15, 0.2) is 57.5 Å². The monoisotopic (exact) mass is 405 g/mol. The van der Waals surface area contributed by atoms with Gasteiger partial charge in [0, 0.05) is 21.6 Å². The fourth-order valence-corrected chi connectivity index (χ4v) is 2.94. The van der Waals surface area contributed by atoms with Crippen LogP contribution in [0.5, 0.6) is 0 Å². The number of hydrogen-bond donors (Lipinski definition) is 1. The van der Waals surface area contributed by atoms with Crippen molar-refractivity contribution in [3.05, 3.63) is 57.5 Å². The Labute approximate surface area is 140 Å². The summed E-state index contributed by atoms with van der Waals surface area (Å²) < 4.78 is 3.78. The largest absolute Gasteiger partial charge is 0.383 e. The van der Waals surface area contributed by atoms with Crippen molar-refractivity contribution in [2.75, 3.05) is 5.73 Å². The Bertz CT molecular complexity index is 792. The molecule has 0 bridgehead atoms. The van der Waals surface area contributed by atoms with E-state index < -0.39 is 0 Å². The highest BCUT2D eigenvalue weighted by Crippen LogP contribution is 2.37. The molecule has 0 aliphatic heterocycles. The predicted octanol–water partition coefficient (Wildman–Crippen LogP) is 4.86. The van der Waals surface area contributed by atoms with Crippen LogP contribution in [-0.4, -0.2) is 9.78 Å². The van der Waals surface area contributed by atoms with E-state index in [1.165, 1.54) is 0 Å². The quantitative estimate of drug-likeness (QED) is 0.660. The second-order valence-corrected chi connectivity index (χ2v) is 6.58. The third-order valence-corrected chi connectivity index (χ3v) is 4.34. The van der Waals surface area contributed by atoms with Crippen LogP contribution in [0.25, 0.3) is 22.4 Å². The van der Waals surface area contributed by atoms with E-state index in [1.54, 1.807) is 4.68 Å². The summed E-state index contributed by atoms with van der Waals surface area (Å²) >= 11 is 6.96. The summed E-state index contributed by atoms with van der Waals surface area (Å²) in [7, 11) is 1.86. The molecule has 0 atom stereocenters. The van der Waals surface area contributed by atoms with E-state index in [4.69, 9.17) is 5.73 Å². The lowest BCUT2D eigenvalue weighted by atomic mass is 10.0. The van der Waals surface area contributed by atoms with Crippen LogP contribution in [0.2, 0.25) is 0 Å². The van der Waals surface area contributed by atoms with Gasteiger partial charge in [-0.15, -0.1) is 0 Å². The molecule has 0 saturated heterocycles. The average molecular weight is 407 g/mol. The number of benzene rings is 2. The van der Waals surface area contributed by atoms with Crippen molar-refractivity contribution < 1.29 is 0 Å². The third kappa shape index (κ3) is 2.76. The standard InChI is InChI=1S/C16H13Br2N3/c1-21-16(19)14(11-3-2-4-13(18)9-11)15(20-21)10-5-7-12(17)8-6-10/h2-9H,19H2,1H3. The van der Waals surface area contributed by atoms with Crippen LogP contribution in [0, 0.1) is 0 Å². The summed E-state index contributed by atoms with van der Waals surface area (Å²) in [5.74, 6) is 0.658. The lowest BCUT2D eigenvalue weighted by Gasteiger charge is -2.05. The number of nitrogens with two attached hydrogens (primary N) is 1. The Morgan fingerprint density at radius 2 is 1.67 bits per heavy atom. The molecule has 3 nitrogen and oxygen atoms in total. The molecule has 0 radical (unpaired) electrons. The van der Waals surface area contributed by atoms with Crippen molar-refractivity contribution in [1.29, 1.82) is 0 Å². The normalized spacial score (nSPS) is 10.8. The van der Waals surface area contributed by atoms with Gasteiger partial charge in [0.2, 0.25) is 0 Å². The topological polar surface area (TPSA) is 43.8 Å². The van der Waals surface area contributed by atoms with Crippen molar-refractivity contribution in [3.63, 3.8) is 0 Å². The SMILES string of the molecule is Cn1nc(-c2ccc(Br)cc2)c(-c2cccc(Br)c2)c1N. The molecule has 1 heterocycles. The zero-order chi connectivity index (χ0) is 15.0. The summed E-state index contributed by atoms with van der Waals surface area (Å²) in [6.07, 6.45) is 0. The fraction of sp³-hybridized carbons (Fsp3) is 0.0625. The minimum absolute atomic E-state index is 0.658. The molecule has 0 aliphatic carbocycles. The predicted molar refractivity (Wildman–Crippen MR) is 93.9 cm³/mol. The van der Waals surface area contributed by atoms with E-state index in [0.717, 1.165) is 31.3 Å². The number of anilines is 1. The highest BCUT2D eigenvalue weighted by Gasteiger charge is 2.17. The Morgan fingerprint density at radius 3 is 2.33 bits per heavy atom. The molecular formula is C16H13Br2N3. The summed E-state index contributed by atoms with van der Waals surface area (Å²) in [5.41, 5.74) is 10.2. The van der Waals surface area contributed by atoms with E-state index in [9.17, 15) is 0 Å². The van der Waals surface area contributed by atoms with Gasteiger partial charge in [0.05, 0.1) is 5.56 Å². The highest BCUT2D eigenvalue weighted by atomic mass is 79.9. The number of halogens is 2. The van der Waals surface area contributed by atoms with Crippen molar-refractivity contribution in [1.82, 2.24) is 9.78 Å². The number of nitrogen functional groups attached to an aromatic ring is 1. The Hall–Kier alpha value is -1.59. The van der Waals surface area contributed by atoms with Gasteiger partial charge in [-0.2, -0.15) is 5.10 Å². The Morgan fingerprint density at radius 1 is 0.952 bits per heavy atom. The molecule has 106 valence electrons. The van der Waals surface area contributed by atoms with Gasteiger partial charge in [-0.1, -0.05) is 56.1 Å². The van der Waals surface area contributed by atoms with Gasteiger partial charge in [0.25, 0.3) is 0 Å². The number of nitrogens with zero attached hydrogens (tertiary/aromatic N) is 2. The van der Waals surface area contributed by atoms with Gasteiger partial charge in [0.1, 0.15) is 11.5 Å². The molecule has 1 aromatic heterocycles. The van der Waals surface area contributed by atoms with E-state index in [2.05, 4.69) is 43.0 Å². The molecule has 0 unspecified atom stereocenters.